The summed E-state index contributed by atoms with van der Waals surface area (Å²) in [6.07, 6.45) is 4.02. The predicted octanol–water partition coefficient (Wildman–Crippen LogP) is 0.439. The molecule has 98 valence electrons. The molecular formula is C11H19NO4S. The van der Waals surface area contributed by atoms with Gasteiger partial charge in [-0.2, -0.15) is 0 Å². The van der Waals surface area contributed by atoms with Gasteiger partial charge in [-0.1, -0.05) is 12.8 Å². The molecule has 6 heteroatoms. The number of sulfone groups is 1. The van der Waals surface area contributed by atoms with Crippen molar-refractivity contribution in [2.75, 3.05) is 11.5 Å². The van der Waals surface area contributed by atoms with E-state index in [1.807, 2.05) is 0 Å². The van der Waals surface area contributed by atoms with Crippen molar-refractivity contribution in [3.8, 4) is 0 Å². The third-order valence-electron chi connectivity index (χ3n) is 2.84. The molecule has 0 radical (unpaired) electrons. The average Bonchev–Trinajstić information content (AvgIpc) is 2.66. The minimum atomic E-state index is -3.45. The number of nitrogens with one attached hydrogen (secondary N) is 1. The lowest BCUT2D eigenvalue weighted by atomic mass is 10.2. The number of carbonyl (C=O) groups is 2. The van der Waals surface area contributed by atoms with E-state index in [4.69, 9.17) is 0 Å². The van der Waals surface area contributed by atoms with Gasteiger partial charge in [0.25, 0.3) is 0 Å². The second-order valence-electron chi connectivity index (χ2n) is 4.59. The van der Waals surface area contributed by atoms with E-state index in [-0.39, 0.29) is 24.0 Å². The lowest BCUT2D eigenvalue weighted by Crippen LogP contribution is -2.37. The van der Waals surface area contributed by atoms with Crippen LogP contribution < -0.4 is 5.32 Å². The molecule has 1 aliphatic rings. The predicted molar refractivity (Wildman–Crippen MR) is 64.4 cm³/mol. The Morgan fingerprint density at radius 1 is 1.24 bits per heavy atom. The minimum absolute atomic E-state index is 0.0148. The van der Waals surface area contributed by atoms with Gasteiger partial charge in [0, 0.05) is 12.5 Å². The summed E-state index contributed by atoms with van der Waals surface area (Å²) in [5.41, 5.74) is 0. The van der Waals surface area contributed by atoms with Crippen molar-refractivity contribution in [1.82, 2.24) is 5.32 Å². The van der Waals surface area contributed by atoms with Gasteiger partial charge in [0.2, 0.25) is 5.91 Å². The van der Waals surface area contributed by atoms with Gasteiger partial charge in [-0.15, -0.1) is 0 Å². The number of hydrogen-bond donors (Lipinski definition) is 1. The Kier molecular flexibility index (Phi) is 5.11. The summed E-state index contributed by atoms with van der Waals surface area (Å²) >= 11 is 0. The Morgan fingerprint density at radius 2 is 1.82 bits per heavy atom. The van der Waals surface area contributed by atoms with E-state index in [1.165, 1.54) is 6.92 Å². The van der Waals surface area contributed by atoms with Crippen LogP contribution in [0.3, 0.4) is 0 Å². The maximum Gasteiger partial charge on any atom is 0.235 e. The highest BCUT2D eigenvalue weighted by atomic mass is 32.2. The van der Waals surface area contributed by atoms with Crippen LogP contribution >= 0.6 is 0 Å². The molecule has 0 atom stereocenters. The number of ketones is 1. The van der Waals surface area contributed by atoms with Crippen LogP contribution in [-0.4, -0.2) is 37.7 Å². The van der Waals surface area contributed by atoms with Gasteiger partial charge >= 0.3 is 0 Å². The molecule has 1 rings (SSSR count). The molecule has 17 heavy (non-hydrogen) atoms. The van der Waals surface area contributed by atoms with Gasteiger partial charge in [-0.05, 0) is 19.8 Å². The van der Waals surface area contributed by atoms with Gasteiger partial charge in [-0.25, -0.2) is 8.42 Å². The van der Waals surface area contributed by atoms with Crippen LogP contribution in [-0.2, 0) is 19.4 Å². The van der Waals surface area contributed by atoms with Crippen molar-refractivity contribution >= 4 is 21.5 Å². The molecule has 0 saturated heterocycles. The molecule has 1 fully saturated rings. The Labute approximate surface area is 102 Å². The fourth-order valence-corrected chi connectivity index (χ4v) is 3.14. The third kappa shape index (κ3) is 5.81. The Hall–Kier alpha value is -0.910. The van der Waals surface area contributed by atoms with Crippen molar-refractivity contribution in [3.63, 3.8) is 0 Å². The summed E-state index contributed by atoms with van der Waals surface area (Å²) in [6, 6.07) is 0.130. The summed E-state index contributed by atoms with van der Waals surface area (Å²) in [7, 11) is -3.45. The zero-order chi connectivity index (χ0) is 12.9. The van der Waals surface area contributed by atoms with Crippen LogP contribution in [0.4, 0.5) is 0 Å². The molecule has 0 aromatic carbocycles. The first kappa shape index (κ1) is 14.2. The highest BCUT2D eigenvalue weighted by Crippen LogP contribution is 2.17. The highest BCUT2D eigenvalue weighted by molar-refractivity contribution is 7.92. The van der Waals surface area contributed by atoms with Gasteiger partial charge in [0.05, 0.1) is 5.75 Å². The summed E-state index contributed by atoms with van der Waals surface area (Å²) < 4.78 is 23.0. The van der Waals surface area contributed by atoms with Gasteiger partial charge in [0.15, 0.2) is 9.84 Å². The first-order chi connectivity index (χ1) is 7.89. The monoisotopic (exact) mass is 261 g/mol. The zero-order valence-corrected chi connectivity index (χ0v) is 10.9. The Morgan fingerprint density at radius 3 is 2.35 bits per heavy atom. The molecule has 0 aromatic heterocycles. The number of Topliss-reactive ketones (excluding diaryl/α,β-unsaturated/α-hetero) is 1. The van der Waals surface area contributed by atoms with E-state index in [0.717, 1.165) is 25.7 Å². The quantitative estimate of drug-likeness (QED) is 0.752. The van der Waals surface area contributed by atoms with Gasteiger partial charge in [-0.3, -0.25) is 9.59 Å². The first-order valence-corrected chi connectivity index (χ1v) is 7.70. The second kappa shape index (κ2) is 6.14. The molecule has 0 heterocycles. The third-order valence-corrected chi connectivity index (χ3v) is 4.36. The molecule has 1 N–H and O–H groups in total. The summed E-state index contributed by atoms with van der Waals surface area (Å²) in [4.78, 5) is 22.2. The lowest BCUT2D eigenvalue weighted by Gasteiger charge is -2.11. The smallest absolute Gasteiger partial charge is 0.235 e. The lowest BCUT2D eigenvalue weighted by molar-refractivity contribution is -0.119. The summed E-state index contributed by atoms with van der Waals surface area (Å²) in [5.74, 6) is -1.36. The Bertz CT molecular complexity index is 382. The average molecular weight is 261 g/mol. The van der Waals surface area contributed by atoms with Gasteiger partial charge in [0.1, 0.15) is 11.5 Å². The van der Waals surface area contributed by atoms with E-state index in [9.17, 15) is 18.0 Å². The molecule has 0 spiro atoms. The maximum absolute atomic E-state index is 11.5. The maximum atomic E-state index is 11.5. The van der Waals surface area contributed by atoms with Crippen molar-refractivity contribution < 1.29 is 18.0 Å². The molecule has 1 amide bonds. The van der Waals surface area contributed by atoms with Crippen LogP contribution in [0.5, 0.6) is 0 Å². The van der Waals surface area contributed by atoms with Crippen LogP contribution in [0.25, 0.3) is 0 Å². The van der Waals surface area contributed by atoms with Crippen LogP contribution in [0.15, 0.2) is 0 Å². The fraction of sp³-hybridized carbons (Fsp3) is 0.818. The number of carbonyl (C=O) groups excluding carboxylic acids is 2. The molecule has 0 bridgehead atoms. The molecule has 1 saturated carbocycles. The SMILES string of the molecule is CC(=O)CCS(=O)(=O)CC(=O)NC1CCCC1. The standard InChI is InChI=1S/C11H19NO4S/c1-9(13)6-7-17(15,16)8-11(14)12-10-4-2-3-5-10/h10H,2-8H2,1H3,(H,12,14). The van der Waals surface area contributed by atoms with E-state index in [1.54, 1.807) is 0 Å². The van der Waals surface area contributed by atoms with E-state index in [2.05, 4.69) is 5.32 Å². The molecular weight excluding hydrogens is 242 g/mol. The zero-order valence-electron chi connectivity index (χ0n) is 10.1. The molecule has 0 aromatic rings. The van der Waals surface area contributed by atoms with Gasteiger partial charge < -0.3 is 5.32 Å². The Balaban J connectivity index is 2.35. The molecule has 1 aliphatic carbocycles. The molecule has 0 aliphatic heterocycles. The first-order valence-electron chi connectivity index (χ1n) is 5.88. The molecule has 0 unspecified atom stereocenters. The number of hydrogen-bond acceptors (Lipinski definition) is 4. The van der Waals surface area contributed by atoms with Crippen LogP contribution in [0, 0.1) is 0 Å². The van der Waals surface area contributed by atoms with Crippen molar-refractivity contribution in [2.24, 2.45) is 0 Å². The van der Waals surface area contributed by atoms with E-state index >= 15 is 0 Å². The normalized spacial score (nSPS) is 17.0. The topological polar surface area (TPSA) is 80.3 Å². The second-order valence-corrected chi connectivity index (χ2v) is 6.78. The van der Waals surface area contributed by atoms with E-state index < -0.39 is 21.5 Å². The van der Waals surface area contributed by atoms with Crippen LogP contribution in [0.1, 0.15) is 39.0 Å². The number of rotatable bonds is 6. The highest BCUT2D eigenvalue weighted by Gasteiger charge is 2.21. The fourth-order valence-electron chi connectivity index (χ4n) is 1.91. The largest absolute Gasteiger partial charge is 0.352 e. The van der Waals surface area contributed by atoms with Crippen molar-refractivity contribution in [2.45, 2.75) is 45.1 Å². The van der Waals surface area contributed by atoms with Crippen molar-refractivity contribution in [3.05, 3.63) is 0 Å². The van der Waals surface area contributed by atoms with Crippen molar-refractivity contribution in [1.29, 1.82) is 0 Å². The molecule has 5 nitrogen and oxygen atoms in total. The minimum Gasteiger partial charge on any atom is -0.352 e. The van der Waals surface area contributed by atoms with Crippen LogP contribution in [0.2, 0.25) is 0 Å². The summed E-state index contributed by atoms with van der Waals surface area (Å²) in [6.45, 7) is 1.34. The van der Waals surface area contributed by atoms with E-state index in [0.29, 0.717) is 0 Å². The summed E-state index contributed by atoms with van der Waals surface area (Å²) in [5, 5.41) is 2.72. The number of amides is 1.